The van der Waals surface area contributed by atoms with Crippen molar-refractivity contribution in [3.8, 4) is 0 Å². The van der Waals surface area contributed by atoms with Crippen molar-refractivity contribution in [2.45, 2.75) is 13.3 Å². The van der Waals surface area contributed by atoms with Crippen LogP contribution in [0.1, 0.15) is 12.1 Å². The van der Waals surface area contributed by atoms with Gasteiger partial charge in [-0.1, -0.05) is 0 Å². The lowest BCUT2D eigenvalue weighted by Gasteiger charge is -2.05. The second kappa shape index (κ2) is 4.63. The molecular weight excluding hydrogens is 216 g/mol. The van der Waals surface area contributed by atoms with Crippen LogP contribution >= 0.6 is 0 Å². The maximum atomic E-state index is 11.5. The minimum atomic E-state index is -3.29. The van der Waals surface area contributed by atoms with Gasteiger partial charge in [-0.2, -0.15) is 5.10 Å². The van der Waals surface area contributed by atoms with E-state index in [4.69, 9.17) is 5.73 Å². The Hall–Kier alpha value is -1.08. The molecule has 0 bridgehead atoms. The Balaban J connectivity index is 2.73. The molecule has 0 aliphatic heterocycles. The summed E-state index contributed by atoms with van der Waals surface area (Å²) < 4.78 is 27.1. The van der Waals surface area contributed by atoms with E-state index in [1.807, 2.05) is 0 Å². The third-order valence-electron chi connectivity index (χ3n) is 1.90. The number of nitrogens with one attached hydrogen (secondary N) is 1. The van der Waals surface area contributed by atoms with Crippen LogP contribution in [0, 0.1) is 6.92 Å². The Morgan fingerprint density at radius 3 is 2.73 bits per heavy atom. The Kier molecular flexibility index (Phi) is 3.70. The molecule has 1 heterocycles. The van der Waals surface area contributed by atoms with Crippen molar-refractivity contribution in [2.24, 2.45) is 12.8 Å². The molecular formula is C8H16N4O2S. The lowest BCUT2D eigenvalue weighted by Crippen LogP contribution is -2.19. The predicted molar refractivity (Wildman–Crippen MR) is 59.0 cm³/mol. The van der Waals surface area contributed by atoms with Gasteiger partial charge in [0, 0.05) is 13.2 Å². The van der Waals surface area contributed by atoms with Crippen molar-refractivity contribution >= 4 is 15.7 Å². The van der Waals surface area contributed by atoms with Gasteiger partial charge >= 0.3 is 0 Å². The quantitative estimate of drug-likeness (QED) is 0.737. The third kappa shape index (κ3) is 3.52. The molecule has 6 nitrogen and oxygen atoms in total. The van der Waals surface area contributed by atoms with Crippen LogP contribution in [-0.4, -0.2) is 30.5 Å². The van der Waals surface area contributed by atoms with Gasteiger partial charge in [0.05, 0.1) is 17.1 Å². The fraction of sp³-hybridized carbons (Fsp3) is 0.625. The topological polar surface area (TPSA) is 90.0 Å². The van der Waals surface area contributed by atoms with Crippen LogP contribution in [0.25, 0.3) is 0 Å². The maximum Gasteiger partial charge on any atom is 0.232 e. The van der Waals surface area contributed by atoms with E-state index < -0.39 is 10.0 Å². The van der Waals surface area contributed by atoms with Crippen LogP contribution in [0.15, 0.2) is 6.20 Å². The minimum Gasteiger partial charge on any atom is -0.330 e. The van der Waals surface area contributed by atoms with Crippen LogP contribution in [0.4, 0.5) is 5.69 Å². The molecule has 15 heavy (non-hydrogen) atoms. The SMILES string of the molecule is Cc1nn(C)cc1NS(=O)(=O)CCCN. The number of aryl methyl sites for hydroxylation is 2. The van der Waals surface area contributed by atoms with Gasteiger partial charge in [-0.15, -0.1) is 0 Å². The normalized spacial score (nSPS) is 11.7. The highest BCUT2D eigenvalue weighted by molar-refractivity contribution is 7.92. The molecule has 3 N–H and O–H groups in total. The lowest BCUT2D eigenvalue weighted by molar-refractivity contribution is 0.598. The van der Waals surface area contributed by atoms with Crippen molar-refractivity contribution < 1.29 is 8.42 Å². The first-order valence-corrected chi connectivity index (χ1v) is 6.30. The minimum absolute atomic E-state index is 0.0395. The van der Waals surface area contributed by atoms with E-state index in [9.17, 15) is 8.42 Å². The molecule has 0 fully saturated rings. The Labute approximate surface area is 89.5 Å². The first kappa shape index (κ1) is 12.0. The number of nitrogens with zero attached hydrogens (tertiary/aromatic N) is 2. The molecule has 0 aromatic carbocycles. The van der Waals surface area contributed by atoms with E-state index in [0.717, 1.165) is 0 Å². The molecule has 1 aromatic rings. The molecule has 0 saturated carbocycles. The summed E-state index contributed by atoms with van der Waals surface area (Å²) in [5.41, 5.74) is 6.44. The summed E-state index contributed by atoms with van der Waals surface area (Å²) in [5, 5.41) is 4.04. The molecule has 0 radical (unpaired) electrons. The third-order valence-corrected chi connectivity index (χ3v) is 3.25. The number of rotatable bonds is 5. The molecule has 0 atom stereocenters. The van der Waals surface area contributed by atoms with Crippen LogP contribution < -0.4 is 10.5 Å². The van der Waals surface area contributed by atoms with Crippen molar-refractivity contribution in [2.75, 3.05) is 17.0 Å². The van der Waals surface area contributed by atoms with Crippen molar-refractivity contribution in [1.82, 2.24) is 9.78 Å². The Morgan fingerprint density at radius 1 is 1.60 bits per heavy atom. The van der Waals surface area contributed by atoms with Gasteiger partial charge in [0.25, 0.3) is 0 Å². The van der Waals surface area contributed by atoms with Crippen LogP contribution in [0.2, 0.25) is 0 Å². The Morgan fingerprint density at radius 2 is 2.27 bits per heavy atom. The summed E-state index contributed by atoms with van der Waals surface area (Å²) in [7, 11) is -1.55. The molecule has 1 aromatic heterocycles. The number of nitrogens with two attached hydrogens (primary N) is 1. The lowest BCUT2D eigenvalue weighted by atomic mass is 10.4. The zero-order valence-electron chi connectivity index (χ0n) is 8.90. The summed E-state index contributed by atoms with van der Waals surface area (Å²) >= 11 is 0. The summed E-state index contributed by atoms with van der Waals surface area (Å²) in [4.78, 5) is 0. The fourth-order valence-corrected chi connectivity index (χ4v) is 2.38. The fourth-order valence-electron chi connectivity index (χ4n) is 1.19. The standard InChI is InChI=1S/C8H16N4O2S/c1-7-8(6-12(2)10-7)11-15(13,14)5-3-4-9/h6,11H,3-5,9H2,1-2H3. The van der Waals surface area contributed by atoms with Crippen LogP contribution in [0.5, 0.6) is 0 Å². The summed E-state index contributed by atoms with van der Waals surface area (Å²) in [6.07, 6.45) is 2.09. The van der Waals surface area contributed by atoms with E-state index in [1.54, 1.807) is 24.9 Å². The predicted octanol–water partition coefficient (Wildman–Crippen LogP) is -0.181. The Bertz CT molecular complexity index is 424. The van der Waals surface area contributed by atoms with Crippen LogP contribution in [0.3, 0.4) is 0 Å². The maximum absolute atomic E-state index is 11.5. The van der Waals surface area contributed by atoms with Crippen molar-refractivity contribution in [3.63, 3.8) is 0 Å². The highest BCUT2D eigenvalue weighted by Gasteiger charge is 2.12. The molecule has 1 rings (SSSR count). The smallest absolute Gasteiger partial charge is 0.232 e. The van der Waals surface area contributed by atoms with Gasteiger partial charge in [0.1, 0.15) is 0 Å². The molecule has 0 saturated heterocycles. The number of sulfonamides is 1. The zero-order valence-corrected chi connectivity index (χ0v) is 9.71. The average Bonchev–Trinajstić information content (AvgIpc) is 2.41. The summed E-state index contributed by atoms with van der Waals surface area (Å²) in [5.74, 6) is 0.0395. The van der Waals surface area contributed by atoms with E-state index in [-0.39, 0.29) is 5.75 Å². The number of anilines is 1. The monoisotopic (exact) mass is 232 g/mol. The van der Waals surface area contributed by atoms with Gasteiger partial charge in [-0.3, -0.25) is 9.40 Å². The highest BCUT2D eigenvalue weighted by atomic mass is 32.2. The van der Waals surface area contributed by atoms with Crippen molar-refractivity contribution in [1.29, 1.82) is 0 Å². The number of hydrogen-bond donors (Lipinski definition) is 2. The van der Waals surface area contributed by atoms with Gasteiger partial charge < -0.3 is 5.73 Å². The van der Waals surface area contributed by atoms with Gasteiger partial charge in [-0.25, -0.2) is 8.42 Å². The van der Waals surface area contributed by atoms with E-state index in [1.165, 1.54) is 0 Å². The van der Waals surface area contributed by atoms with Gasteiger partial charge in [-0.05, 0) is 19.9 Å². The molecule has 0 aliphatic rings. The van der Waals surface area contributed by atoms with Crippen LogP contribution in [-0.2, 0) is 17.1 Å². The average molecular weight is 232 g/mol. The van der Waals surface area contributed by atoms with Gasteiger partial charge in [0.15, 0.2) is 0 Å². The van der Waals surface area contributed by atoms with E-state index in [2.05, 4.69) is 9.82 Å². The first-order valence-electron chi connectivity index (χ1n) is 4.65. The summed E-state index contributed by atoms with van der Waals surface area (Å²) in [6.45, 7) is 2.12. The molecule has 0 amide bonds. The van der Waals surface area contributed by atoms with Gasteiger partial charge in [0.2, 0.25) is 10.0 Å². The second-order valence-corrected chi connectivity index (χ2v) is 5.21. The second-order valence-electron chi connectivity index (χ2n) is 3.37. The van der Waals surface area contributed by atoms with Crippen molar-refractivity contribution in [3.05, 3.63) is 11.9 Å². The largest absolute Gasteiger partial charge is 0.330 e. The van der Waals surface area contributed by atoms with E-state index >= 15 is 0 Å². The first-order chi connectivity index (χ1) is 6.94. The summed E-state index contributed by atoms with van der Waals surface area (Å²) in [6, 6.07) is 0. The number of aromatic nitrogens is 2. The molecule has 86 valence electrons. The molecule has 0 unspecified atom stereocenters. The zero-order chi connectivity index (χ0) is 11.5. The molecule has 0 aliphatic carbocycles. The molecule has 7 heteroatoms. The number of hydrogen-bond acceptors (Lipinski definition) is 4. The highest BCUT2D eigenvalue weighted by Crippen LogP contribution is 2.13. The van der Waals surface area contributed by atoms with E-state index in [0.29, 0.717) is 24.3 Å². The molecule has 0 spiro atoms.